The molecule has 30 heavy (non-hydrogen) atoms. The highest BCUT2D eigenvalue weighted by Gasteiger charge is 2.39. The number of rotatable bonds is 9. The predicted octanol–water partition coefficient (Wildman–Crippen LogP) is 3.70. The summed E-state index contributed by atoms with van der Waals surface area (Å²) < 4.78 is 16.7. The molecule has 0 aromatic heterocycles. The molecule has 7 heteroatoms. The molecule has 0 saturated heterocycles. The van der Waals surface area contributed by atoms with Gasteiger partial charge in [-0.2, -0.15) is 0 Å². The number of hydrogen-bond acceptors (Lipinski definition) is 6. The lowest BCUT2D eigenvalue weighted by Crippen LogP contribution is -2.32. The van der Waals surface area contributed by atoms with Crippen molar-refractivity contribution >= 4 is 23.1 Å². The second-order valence-corrected chi connectivity index (χ2v) is 6.46. The Morgan fingerprint density at radius 1 is 0.867 bits per heavy atom. The average molecular weight is 410 g/mol. The summed E-state index contributed by atoms with van der Waals surface area (Å²) in [7, 11) is 1.53. The molecule has 2 amide bonds. The summed E-state index contributed by atoms with van der Waals surface area (Å²) in [6, 6.07) is 12.5. The third kappa shape index (κ3) is 3.96. The van der Waals surface area contributed by atoms with E-state index >= 15 is 0 Å². The van der Waals surface area contributed by atoms with Crippen molar-refractivity contribution in [1.29, 1.82) is 0 Å². The van der Waals surface area contributed by atoms with Gasteiger partial charge in [0.2, 0.25) is 0 Å². The van der Waals surface area contributed by atoms with Gasteiger partial charge in [0.05, 0.1) is 25.9 Å². The summed E-state index contributed by atoms with van der Waals surface area (Å²) in [5.41, 5.74) is 1.67. The van der Waals surface area contributed by atoms with Crippen molar-refractivity contribution in [2.75, 3.05) is 32.2 Å². The Kier molecular flexibility index (Phi) is 6.61. The predicted molar refractivity (Wildman–Crippen MR) is 115 cm³/mol. The van der Waals surface area contributed by atoms with Gasteiger partial charge in [-0.15, -0.1) is 0 Å². The first kappa shape index (κ1) is 21.2. The van der Waals surface area contributed by atoms with Crippen molar-refractivity contribution in [3.05, 3.63) is 53.7 Å². The summed E-state index contributed by atoms with van der Waals surface area (Å²) in [5, 5.41) is 3.13. The van der Waals surface area contributed by atoms with Crippen LogP contribution in [0.25, 0.3) is 5.57 Å². The SMILES string of the molecule is CCOc1ccc(NC2=C(c3ccccc3OC)C(=O)N(CC)C2=O)cc1OCC. The van der Waals surface area contributed by atoms with Gasteiger partial charge in [-0.1, -0.05) is 18.2 Å². The molecule has 0 saturated carbocycles. The number of hydrogen-bond donors (Lipinski definition) is 1. The summed E-state index contributed by atoms with van der Waals surface area (Å²) >= 11 is 0. The first-order chi connectivity index (χ1) is 14.5. The number of carbonyl (C=O) groups excluding carboxylic acids is 2. The van der Waals surface area contributed by atoms with E-state index in [4.69, 9.17) is 14.2 Å². The van der Waals surface area contributed by atoms with Gasteiger partial charge in [-0.05, 0) is 39.0 Å². The molecule has 0 aliphatic carbocycles. The molecule has 158 valence electrons. The summed E-state index contributed by atoms with van der Waals surface area (Å²) in [5.74, 6) is 0.967. The fourth-order valence-electron chi connectivity index (χ4n) is 3.35. The van der Waals surface area contributed by atoms with E-state index in [9.17, 15) is 9.59 Å². The molecule has 1 heterocycles. The zero-order chi connectivity index (χ0) is 21.7. The fourth-order valence-corrected chi connectivity index (χ4v) is 3.35. The number of nitrogens with one attached hydrogen (secondary N) is 1. The molecule has 1 N–H and O–H groups in total. The standard InChI is InChI=1S/C23H26N2O5/c1-5-25-22(26)20(16-10-8-9-11-17(16)28-4)21(23(25)27)24-15-12-13-18(29-6-2)19(14-15)30-7-3/h8-14,24H,5-7H2,1-4H3. The minimum atomic E-state index is -0.379. The van der Waals surface area contributed by atoms with Crippen LogP contribution in [0.1, 0.15) is 26.3 Å². The van der Waals surface area contributed by atoms with Crippen molar-refractivity contribution < 1.29 is 23.8 Å². The third-order valence-electron chi connectivity index (χ3n) is 4.67. The van der Waals surface area contributed by atoms with Gasteiger partial charge in [0.15, 0.2) is 11.5 Å². The zero-order valence-corrected chi connectivity index (χ0v) is 17.7. The molecular weight excluding hydrogens is 384 g/mol. The molecule has 1 aliphatic heterocycles. The second kappa shape index (κ2) is 9.35. The number of likely N-dealkylation sites (N-methyl/N-ethyl adjacent to an activating group) is 1. The number of nitrogens with zero attached hydrogens (tertiary/aromatic N) is 1. The monoisotopic (exact) mass is 410 g/mol. The smallest absolute Gasteiger partial charge is 0.278 e. The Morgan fingerprint density at radius 3 is 2.23 bits per heavy atom. The lowest BCUT2D eigenvalue weighted by atomic mass is 10.0. The molecule has 0 radical (unpaired) electrons. The van der Waals surface area contributed by atoms with Gasteiger partial charge < -0.3 is 19.5 Å². The quantitative estimate of drug-likeness (QED) is 0.635. The number of ether oxygens (including phenoxy) is 3. The maximum Gasteiger partial charge on any atom is 0.278 e. The van der Waals surface area contributed by atoms with E-state index in [2.05, 4.69) is 5.32 Å². The van der Waals surface area contributed by atoms with Crippen LogP contribution in [0.2, 0.25) is 0 Å². The number of carbonyl (C=O) groups is 2. The molecule has 2 aromatic carbocycles. The van der Waals surface area contributed by atoms with Gasteiger partial charge in [-0.25, -0.2) is 0 Å². The number of imide groups is 1. The second-order valence-electron chi connectivity index (χ2n) is 6.46. The van der Waals surface area contributed by atoms with E-state index in [1.165, 1.54) is 12.0 Å². The molecule has 0 spiro atoms. The zero-order valence-electron chi connectivity index (χ0n) is 17.7. The van der Waals surface area contributed by atoms with Crippen LogP contribution in [0.15, 0.2) is 48.2 Å². The summed E-state index contributed by atoms with van der Waals surface area (Å²) in [6.07, 6.45) is 0. The van der Waals surface area contributed by atoms with Crippen LogP contribution in [0, 0.1) is 0 Å². The van der Waals surface area contributed by atoms with Crippen molar-refractivity contribution in [2.45, 2.75) is 20.8 Å². The Balaban J connectivity index is 2.08. The van der Waals surface area contributed by atoms with Crippen LogP contribution in [-0.4, -0.2) is 43.6 Å². The topological polar surface area (TPSA) is 77.1 Å². The minimum Gasteiger partial charge on any atom is -0.496 e. The van der Waals surface area contributed by atoms with Crippen molar-refractivity contribution in [3.63, 3.8) is 0 Å². The van der Waals surface area contributed by atoms with E-state index in [0.29, 0.717) is 41.7 Å². The third-order valence-corrected chi connectivity index (χ3v) is 4.67. The van der Waals surface area contributed by atoms with Gasteiger partial charge in [-0.3, -0.25) is 14.5 Å². The Bertz CT molecular complexity index is 983. The molecule has 7 nitrogen and oxygen atoms in total. The van der Waals surface area contributed by atoms with Gasteiger partial charge in [0.1, 0.15) is 11.4 Å². The molecule has 0 atom stereocenters. The van der Waals surface area contributed by atoms with Crippen LogP contribution in [0.4, 0.5) is 5.69 Å². The molecule has 0 bridgehead atoms. The molecule has 2 aromatic rings. The van der Waals surface area contributed by atoms with Crippen LogP contribution >= 0.6 is 0 Å². The molecule has 3 rings (SSSR count). The number of anilines is 1. The number of amides is 2. The van der Waals surface area contributed by atoms with Gasteiger partial charge >= 0.3 is 0 Å². The van der Waals surface area contributed by atoms with Crippen molar-refractivity contribution in [3.8, 4) is 17.2 Å². The molecule has 0 fully saturated rings. The highest BCUT2D eigenvalue weighted by molar-refractivity contribution is 6.37. The van der Waals surface area contributed by atoms with Crippen LogP contribution in [-0.2, 0) is 9.59 Å². The summed E-state index contributed by atoms with van der Waals surface area (Å²) in [6.45, 7) is 6.80. The molecular formula is C23H26N2O5. The first-order valence-corrected chi connectivity index (χ1v) is 9.96. The van der Waals surface area contributed by atoms with E-state index in [-0.39, 0.29) is 29.6 Å². The number of methoxy groups -OCH3 is 1. The highest BCUT2D eigenvalue weighted by Crippen LogP contribution is 2.36. The maximum atomic E-state index is 13.0. The Morgan fingerprint density at radius 2 is 1.57 bits per heavy atom. The Hall–Kier alpha value is -3.48. The Labute approximate surface area is 176 Å². The van der Waals surface area contributed by atoms with Crippen molar-refractivity contribution in [1.82, 2.24) is 4.90 Å². The number of benzene rings is 2. The maximum absolute atomic E-state index is 13.0. The van der Waals surface area contributed by atoms with Gasteiger partial charge in [0.25, 0.3) is 11.8 Å². The van der Waals surface area contributed by atoms with E-state index in [1.54, 1.807) is 43.3 Å². The highest BCUT2D eigenvalue weighted by atomic mass is 16.5. The van der Waals surface area contributed by atoms with Crippen LogP contribution < -0.4 is 19.5 Å². The van der Waals surface area contributed by atoms with E-state index in [0.717, 1.165) is 0 Å². The van der Waals surface area contributed by atoms with Crippen molar-refractivity contribution in [2.24, 2.45) is 0 Å². The normalized spacial score (nSPS) is 13.7. The minimum absolute atomic E-state index is 0.206. The lowest BCUT2D eigenvalue weighted by molar-refractivity contribution is -0.136. The molecule has 1 aliphatic rings. The first-order valence-electron chi connectivity index (χ1n) is 9.96. The van der Waals surface area contributed by atoms with E-state index < -0.39 is 0 Å². The average Bonchev–Trinajstić information content (AvgIpc) is 2.99. The largest absolute Gasteiger partial charge is 0.496 e. The lowest BCUT2D eigenvalue weighted by Gasteiger charge is -2.15. The van der Waals surface area contributed by atoms with E-state index in [1.807, 2.05) is 19.9 Å². The molecule has 0 unspecified atom stereocenters. The van der Waals surface area contributed by atoms with Crippen LogP contribution in [0.3, 0.4) is 0 Å². The van der Waals surface area contributed by atoms with Crippen LogP contribution in [0.5, 0.6) is 17.2 Å². The fraction of sp³-hybridized carbons (Fsp3) is 0.304. The van der Waals surface area contributed by atoms with Gasteiger partial charge in [0, 0.05) is 23.9 Å². The number of para-hydroxylation sites is 1. The summed E-state index contributed by atoms with van der Waals surface area (Å²) in [4.78, 5) is 27.2.